The zero-order chi connectivity index (χ0) is 22.7. The molecule has 32 heavy (non-hydrogen) atoms. The van der Waals surface area contributed by atoms with Gasteiger partial charge in [0.1, 0.15) is 0 Å². The molecule has 3 nitrogen and oxygen atoms in total. The fourth-order valence-electron chi connectivity index (χ4n) is 4.14. The molecular weight excluding hydrogens is 413 g/mol. The number of likely N-dealkylation sites (tertiary alicyclic amines) is 1. The fourth-order valence-corrected chi connectivity index (χ4v) is 4.14. The Labute approximate surface area is 186 Å². The largest absolute Gasteiger partial charge is 0.416 e. The maximum Gasteiger partial charge on any atom is 0.416 e. The standard InChI is InChI=1S/C26H25F3N2O/c1-30(24-15-16-31(18-24)17-19-5-3-2-4-6-19)25(32)22-9-7-20(8-10-22)21-11-13-23(14-12-21)26(27,28)29/h2-14,24H,15-18H2,1H3. The van der Waals surface area contributed by atoms with E-state index in [0.717, 1.165) is 43.8 Å². The van der Waals surface area contributed by atoms with Crippen LogP contribution in [0, 0.1) is 0 Å². The van der Waals surface area contributed by atoms with Crippen molar-refractivity contribution < 1.29 is 18.0 Å². The molecule has 1 aliphatic rings. The van der Waals surface area contributed by atoms with Crippen LogP contribution in [0.2, 0.25) is 0 Å². The Bertz CT molecular complexity index is 1050. The molecule has 0 aromatic heterocycles. The third-order valence-electron chi connectivity index (χ3n) is 6.04. The molecule has 1 fully saturated rings. The van der Waals surface area contributed by atoms with Crippen LogP contribution in [0.25, 0.3) is 11.1 Å². The van der Waals surface area contributed by atoms with E-state index in [9.17, 15) is 18.0 Å². The predicted molar refractivity (Wildman–Crippen MR) is 119 cm³/mol. The zero-order valence-corrected chi connectivity index (χ0v) is 17.8. The van der Waals surface area contributed by atoms with Crippen molar-refractivity contribution in [3.05, 3.63) is 95.6 Å². The van der Waals surface area contributed by atoms with E-state index in [1.54, 1.807) is 29.2 Å². The molecule has 3 aromatic rings. The number of nitrogens with zero attached hydrogens (tertiary/aromatic N) is 2. The van der Waals surface area contributed by atoms with Crippen LogP contribution in [0.15, 0.2) is 78.9 Å². The molecule has 1 atom stereocenters. The number of hydrogen-bond donors (Lipinski definition) is 0. The maximum atomic E-state index is 13.0. The third kappa shape index (κ3) is 5.02. The molecule has 0 bridgehead atoms. The molecule has 0 radical (unpaired) electrons. The second-order valence-corrected chi connectivity index (χ2v) is 8.23. The van der Waals surface area contributed by atoms with Crippen LogP contribution in [0.4, 0.5) is 13.2 Å². The first kappa shape index (κ1) is 22.1. The van der Waals surface area contributed by atoms with Gasteiger partial charge in [-0.15, -0.1) is 0 Å². The fraction of sp³-hybridized carbons (Fsp3) is 0.269. The van der Waals surface area contributed by atoms with E-state index in [-0.39, 0.29) is 11.9 Å². The minimum atomic E-state index is -4.35. The van der Waals surface area contributed by atoms with Crippen molar-refractivity contribution in [1.82, 2.24) is 9.80 Å². The van der Waals surface area contributed by atoms with Crippen LogP contribution < -0.4 is 0 Å². The number of amides is 1. The topological polar surface area (TPSA) is 23.6 Å². The van der Waals surface area contributed by atoms with Gasteiger partial charge in [-0.3, -0.25) is 9.69 Å². The van der Waals surface area contributed by atoms with Gasteiger partial charge in [-0.2, -0.15) is 13.2 Å². The Hall–Kier alpha value is -3.12. The lowest BCUT2D eigenvalue weighted by Crippen LogP contribution is -2.38. The average Bonchev–Trinajstić information content (AvgIpc) is 3.27. The van der Waals surface area contributed by atoms with E-state index in [4.69, 9.17) is 0 Å². The highest BCUT2D eigenvalue weighted by Crippen LogP contribution is 2.31. The molecule has 166 valence electrons. The van der Waals surface area contributed by atoms with E-state index >= 15 is 0 Å². The molecule has 0 saturated carbocycles. The highest BCUT2D eigenvalue weighted by Gasteiger charge is 2.30. The summed E-state index contributed by atoms with van der Waals surface area (Å²) in [4.78, 5) is 17.1. The molecule has 0 spiro atoms. The summed E-state index contributed by atoms with van der Waals surface area (Å²) >= 11 is 0. The molecule has 1 amide bonds. The van der Waals surface area contributed by atoms with Crippen molar-refractivity contribution in [1.29, 1.82) is 0 Å². The van der Waals surface area contributed by atoms with E-state index in [1.165, 1.54) is 17.7 Å². The number of alkyl halides is 3. The quantitative estimate of drug-likeness (QED) is 0.509. The Morgan fingerprint density at radius 3 is 2.12 bits per heavy atom. The summed E-state index contributed by atoms with van der Waals surface area (Å²) in [6.07, 6.45) is -3.42. The van der Waals surface area contributed by atoms with Gasteiger partial charge < -0.3 is 4.90 Å². The molecule has 6 heteroatoms. The molecule has 3 aromatic carbocycles. The molecule has 1 aliphatic heterocycles. The lowest BCUT2D eigenvalue weighted by Gasteiger charge is -2.25. The van der Waals surface area contributed by atoms with Gasteiger partial charge in [0.05, 0.1) is 5.56 Å². The molecule has 1 unspecified atom stereocenters. The van der Waals surface area contributed by atoms with Crippen LogP contribution in [0.3, 0.4) is 0 Å². The maximum absolute atomic E-state index is 13.0. The Balaban J connectivity index is 1.38. The zero-order valence-electron chi connectivity index (χ0n) is 17.8. The van der Waals surface area contributed by atoms with E-state index in [0.29, 0.717) is 11.1 Å². The van der Waals surface area contributed by atoms with Crippen molar-refractivity contribution in [2.24, 2.45) is 0 Å². The Kier molecular flexibility index (Phi) is 6.33. The van der Waals surface area contributed by atoms with Crippen molar-refractivity contribution in [2.45, 2.75) is 25.2 Å². The van der Waals surface area contributed by atoms with Crippen LogP contribution in [0.1, 0.15) is 27.9 Å². The van der Waals surface area contributed by atoms with Crippen LogP contribution >= 0.6 is 0 Å². The summed E-state index contributed by atoms with van der Waals surface area (Å²) in [5.74, 6) is -0.0458. The van der Waals surface area contributed by atoms with Gasteiger partial charge in [0.25, 0.3) is 5.91 Å². The number of hydrogen-bond acceptors (Lipinski definition) is 2. The SMILES string of the molecule is CN(C(=O)c1ccc(-c2ccc(C(F)(F)F)cc2)cc1)C1CCN(Cc2ccccc2)C1. The normalized spacial score (nSPS) is 16.8. The summed E-state index contributed by atoms with van der Waals surface area (Å²) in [6, 6.07) is 22.5. The third-order valence-corrected chi connectivity index (χ3v) is 6.04. The summed E-state index contributed by atoms with van der Waals surface area (Å²) in [5, 5.41) is 0. The van der Waals surface area contributed by atoms with Gasteiger partial charge >= 0.3 is 6.18 Å². The lowest BCUT2D eigenvalue weighted by atomic mass is 10.0. The second kappa shape index (κ2) is 9.17. The Morgan fingerprint density at radius 2 is 1.53 bits per heavy atom. The summed E-state index contributed by atoms with van der Waals surface area (Å²) in [7, 11) is 1.84. The number of rotatable bonds is 5. The monoisotopic (exact) mass is 438 g/mol. The number of halogens is 3. The molecule has 4 rings (SSSR count). The van der Waals surface area contributed by atoms with Crippen LogP contribution in [0.5, 0.6) is 0 Å². The number of likely N-dealkylation sites (N-methyl/N-ethyl adjacent to an activating group) is 1. The van der Waals surface area contributed by atoms with Gasteiger partial charge in [-0.05, 0) is 47.4 Å². The molecule has 1 saturated heterocycles. The van der Waals surface area contributed by atoms with Crippen molar-refractivity contribution in [3.8, 4) is 11.1 Å². The molecule has 0 aliphatic carbocycles. The van der Waals surface area contributed by atoms with Crippen molar-refractivity contribution >= 4 is 5.91 Å². The second-order valence-electron chi connectivity index (χ2n) is 8.23. The first-order chi connectivity index (χ1) is 15.3. The van der Waals surface area contributed by atoms with Gasteiger partial charge in [0, 0.05) is 38.3 Å². The van der Waals surface area contributed by atoms with E-state index in [1.807, 2.05) is 25.2 Å². The first-order valence-electron chi connectivity index (χ1n) is 10.6. The number of benzene rings is 3. The van der Waals surface area contributed by atoms with E-state index in [2.05, 4.69) is 17.0 Å². The van der Waals surface area contributed by atoms with E-state index < -0.39 is 11.7 Å². The van der Waals surface area contributed by atoms with Gasteiger partial charge in [0.2, 0.25) is 0 Å². The van der Waals surface area contributed by atoms with Crippen molar-refractivity contribution in [3.63, 3.8) is 0 Å². The summed E-state index contributed by atoms with van der Waals surface area (Å²) in [5.41, 5.74) is 2.61. The van der Waals surface area contributed by atoms with Crippen LogP contribution in [-0.2, 0) is 12.7 Å². The molecular formula is C26H25F3N2O. The minimum Gasteiger partial charge on any atom is -0.337 e. The highest BCUT2D eigenvalue weighted by atomic mass is 19.4. The predicted octanol–water partition coefficient (Wildman–Crippen LogP) is 5.72. The summed E-state index contributed by atoms with van der Waals surface area (Å²) < 4.78 is 38.3. The average molecular weight is 438 g/mol. The van der Waals surface area contributed by atoms with Crippen molar-refractivity contribution in [2.75, 3.05) is 20.1 Å². The van der Waals surface area contributed by atoms with Crippen LogP contribution in [-0.4, -0.2) is 41.9 Å². The number of carbonyl (C=O) groups is 1. The van der Waals surface area contributed by atoms with Gasteiger partial charge in [-0.25, -0.2) is 0 Å². The smallest absolute Gasteiger partial charge is 0.337 e. The Morgan fingerprint density at radius 1 is 0.938 bits per heavy atom. The van der Waals surface area contributed by atoms with Gasteiger partial charge in [-0.1, -0.05) is 54.6 Å². The summed E-state index contributed by atoms with van der Waals surface area (Å²) in [6.45, 7) is 2.66. The highest BCUT2D eigenvalue weighted by molar-refractivity contribution is 5.94. The van der Waals surface area contributed by atoms with Gasteiger partial charge in [0.15, 0.2) is 0 Å². The first-order valence-corrected chi connectivity index (χ1v) is 10.6. The minimum absolute atomic E-state index is 0.0458. The molecule has 1 heterocycles. The lowest BCUT2D eigenvalue weighted by molar-refractivity contribution is -0.137. The number of carbonyl (C=O) groups excluding carboxylic acids is 1. The molecule has 0 N–H and O–H groups in total.